The van der Waals surface area contributed by atoms with Gasteiger partial charge in [-0.05, 0) is 29.9 Å². The lowest BCUT2D eigenvalue weighted by Gasteiger charge is -2.31. The molecule has 2 atom stereocenters. The summed E-state index contributed by atoms with van der Waals surface area (Å²) in [5, 5.41) is 2.48. The van der Waals surface area contributed by atoms with E-state index in [1.807, 2.05) is 0 Å². The summed E-state index contributed by atoms with van der Waals surface area (Å²) in [6.45, 7) is 6.34. The van der Waals surface area contributed by atoms with Gasteiger partial charge in [0.15, 0.2) is 0 Å². The van der Waals surface area contributed by atoms with Gasteiger partial charge in [-0.15, -0.1) is 0 Å². The van der Waals surface area contributed by atoms with Crippen molar-refractivity contribution in [2.75, 3.05) is 0 Å². The summed E-state index contributed by atoms with van der Waals surface area (Å²) in [6, 6.07) is 8.34. The third-order valence-electron chi connectivity index (χ3n) is 4.03. The van der Waals surface area contributed by atoms with Gasteiger partial charge in [0.05, 0.1) is 0 Å². The lowest BCUT2D eigenvalue weighted by molar-refractivity contribution is -0.137. The maximum Gasteiger partial charge on any atom is 0.230 e. The number of rotatable bonds is 4. The predicted molar refractivity (Wildman–Crippen MR) is 79.3 cm³/mol. The van der Waals surface area contributed by atoms with Crippen LogP contribution in [-0.4, -0.2) is 11.8 Å². The van der Waals surface area contributed by atoms with Crippen molar-refractivity contribution in [3.63, 3.8) is 0 Å². The van der Waals surface area contributed by atoms with Crippen LogP contribution in [0.4, 0.5) is 0 Å². The highest BCUT2D eigenvalue weighted by molar-refractivity contribution is 5.99. The molecule has 1 N–H and O–H groups in total. The van der Waals surface area contributed by atoms with E-state index >= 15 is 0 Å². The highest BCUT2D eigenvalue weighted by atomic mass is 16.2. The van der Waals surface area contributed by atoms with Gasteiger partial charge in [-0.3, -0.25) is 14.9 Å². The molecule has 0 aromatic heterocycles. The van der Waals surface area contributed by atoms with Gasteiger partial charge < -0.3 is 0 Å². The van der Waals surface area contributed by atoms with Gasteiger partial charge in [-0.2, -0.15) is 0 Å². The van der Waals surface area contributed by atoms with E-state index in [0.717, 1.165) is 18.4 Å². The number of nitrogens with one attached hydrogen (secondary N) is 1. The summed E-state index contributed by atoms with van der Waals surface area (Å²) in [5.74, 6) is 0.0974. The maximum atomic E-state index is 12.1. The number of amides is 2. The van der Waals surface area contributed by atoms with E-state index in [1.165, 1.54) is 5.56 Å². The van der Waals surface area contributed by atoms with Crippen molar-refractivity contribution in [3.05, 3.63) is 35.4 Å². The summed E-state index contributed by atoms with van der Waals surface area (Å²) in [7, 11) is 0. The van der Waals surface area contributed by atoms with Crippen LogP contribution in [0, 0.1) is 11.8 Å². The molecule has 1 aliphatic rings. The average Bonchev–Trinajstić information content (AvgIpc) is 2.41. The van der Waals surface area contributed by atoms with Crippen LogP contribution >= 0.6 is 0 Å². The Balaban J connectivity index is 2.27. The zero-order chi connectivity index (χ0) is 14.7. The van der Waals surface area contributed by atoms with Crippen LogP contribution in [0.15, 0.2) is 24.3 Å². The Morgan fingerprint density at radius 3 is 2.40 bits per heavy atom. The van der Waals surface area contributed by atoms with E-state index in [0.29, 0.717) is 12.3 Å². The Labute approximate surface area is 120 Å². The molecule has 2 unspecified atom stereocenters. The van der Waals surface area contributed by atoms with E-state index in [2.05, 4.69) is 50.4 Å². The van der Waals surface area contributed by atoms with Crippen LogP contribution in [0.5, 0.6) is 0 Å². The maximum absolute atomic E-state index is 12.1. The van der Waals surface area contributed by atoms with Crippen LogP contribution in [0.25, 0.3) is 0 Å². The van der Waals surface area contributed by atoms with Crippen LogP contribution in [0.1, 0.15) is 50.7 Å². The van der Waals surface area contributed by atoms with E-state index in [-0.39, 0.29) is 23.7 Å². The summed E-state index contributed by atoms with van der Waals surface area (Å²) in [4.78, 5) is 23.8. The molecular formula is C17H23NO2. The Morgan fingerprint density at radius 2 is 1.85 bits per heavy atom. The number of hydrogen-bond acceptors (Lipinski definition) is 2. The smallest absolute Gasteiger partial charge is 0.230 e. The lowest BCUT2D eigenvalue weighted by atomic mass is 9.76. The number of carbonyl (C=O) groups is 2. The fourth-order valence-corrected chi connectivity index (χ4v) is 2.94. The van der Waals surface area contributed by atoms with Crippen molar-refractivity contribution in [1.82, 2.24) is 5.32 Å². The Morgan fingerprint density at radius 1 is 1.20 bits per heavy atom. The average molecular weight is 273 g/mol. The quantitative estimate of drug-likeness (QED) is 0.857. The first-order chi connectivity index (χ1) is 9.51. The Hall–Kier alpha value is -1.64. The molecule has 1 aromatic rings. The van der Waals surface area contributed by atoms with Crippen LogP contribution < -0.4 is 5.32 Å². The molecule has 0 radical (unpaired) electrons. The molecule has 1 aromatic carbocycles. The van der Waals surface area contributed by atoms with Crippen molar-refractivity contribution in [3.8, 4) is 0 Å². The molecule has 2 rings (SSSR count). The second kappa shape index (κ2) is 6.21. The predicted octanol–water partition coefficient (Wildman–Crippen LogP) is 3.04. The number of benzene rings is 1. The molecule has 108 valence electrons. The largest absolute Gasteiger partial charge is 0.296 e. The summed E-state index contributed by atoms with van der Waals surface area (Å²) < 4.78 is 0. The topological polar surface area (TPSA) is 46.2 Å². The molecule has 0 aliphatic carbocycles. The van der Waals surface area contributed by atoms with Gasteiger partial charge in [0.25, 0.3) is 0 Å². The van der Waals surface area contributed by atoms with E-state index in [9.17, 15) is 9.59 Å². The molecule has 1 aliphatic heterocycles. The van der Waals surface area contributed by atoms with Crippen LogP contribution in [0.3, 0.4) is 0 Å². The molecule has 20 heavy (non-hydrogen) atoms. The number of imide groups is 1. The number of hydrogen-bond donors (Lipinski definition) is 1. The van der Waals surface area contributed by atoms with Gasteiger partial charge in [-0.25, -0.2) is 0 Å². The molecule has 1 fully saturated rings. The lowest BCUT2D eigenvalue weighted by Crippen LogP contribution is -2.45. The number of piperidine rings is 1. The number of aryl methyl sites for hydroxylation is 1. The van der Waals surface area contributed by atoms with Gasteiger partial charge in [0, 0.05) is 18.3 Å². The van der Waals surface area contributed by atoms with Crippen molar-refractivity contribution in [1.29, 1.82) is 0 Å². The van der Waals surface area contributed by atoms with Crippen molar-refractivity contribution in [2.24, 2.45) is 11.8 Å². The summed E-state index contributed by atoms with van der Waals surface area (Å²) in [5.41, 5.74) is 2.39. The number of carbonyl (C=O) groups excluding carboxylic acids is 2. The monoisotopic (exact) mass is 273 g/mol. The minimum atomic E-state index is -0.153. The Bertz CT molecular complexity index is 490. The molecule has 0 saturated carbocycles. The fourth-order valence-electron chi connectivity index (χ4n) is 2.94. The zero-order valence-electron chi connectivity index (χ0n) is 12.5. The van der Waals surface area contributed by atoms with Crippen LogP contribution in [0.2, 0.25) is 0 Å². The highest BCUT2D eigenvalue weighted by Gasteiger charge is 2.36. The second-order valence-electron chi connectivity index (χ2n) is 6.05. The third-order valence-corrected chi connectivity index (χ3v) is 4.03. The minimum Gasteiger partial charge on any atom is -0.296 e. The normalized spacial score (nSPS) is 23.0. The highest BCUT2D eigenvalue weighted by Crippen LogP contribution is 2.35. The fraction of sp³-hybridized carbons (Fsp3) is 0.529. The van der Waals surface area contributed by atoms with E-state index < -0.39 is 0 Å². The first-order valence-electron chi connectivity index (χ1n) is 7.43. The van der Waals surface area contributed by atoms with Crippen molar-refractivity contribution < 1.29 is 9.59 Å². The SMILES string of the molecule is CCc1ccc(C2CC(=O)NC(=O)C2CC(C)C)cc1. The molecular weight excluding hydrogens is 250 g/mol. The molecule has 1 heterocycles. The van der Waals surface area contributed by atoms with Gasteiger partial charge in [0.2, 0.25) is 11.8 Å². The molecule has 0 bridgehead atoms. The zero-order valence-corrected chi connectivity index (χ0v) is 12.5. The van der Waals surface area contributed by atoms with Gasteiger partial charge in [0.1, 0.15) is 0 Å². The van der Waals surface area contributed by atoms with Crippen molar-refractivity contribution >= 4 is 11.8 Å². The van der Waals surface area contributed by atoms with Crippen LogP contribution in [-0.2, 0) is 16.0 Å². The van der Waals surface area contributed by atoms with E-state index in [1.54, 1.807) is 0 Å². The minimum absolute atomic E-state index is 0.0181. The summed E-state index contributed by atoms with van der Waals surface area (Å²) in [6.07, 6.45) is 2.23. The first kappa shape index (κ1) is 14.8. The van der Waals surface area contributed by atoms with Gasteiger partial charge >= 0.3 is 0 Å². The third kappa shape index (κ3) is 3.27. The van der Waals surface area contributed by atoms with E-state index in [4.69, 9.17) is 0 Å². The molecule has 3 heteroatoms. The van der Waals surface area contributed by atoms with Crippen molar-refractivity contribution in [2.45, 2.75) is 46.0 Å². The summed E-state index contributed by atoms with van der Waals surface area (Å²) >= 11 is 0. The molecule has 0 spiro atoms. The van der Waals surface area contributed by atoms with Gasteiger partial charge in [-0.1, -0.05) is 45.0 Å². The molecule has 1 saturated heterocycles. The second-order valence-corrected chi connectivity index (χ2v) is 6.05. The first-order valence-corrected chi connectivity index (χ1v) is 7.43. The standard InChI is InChI=1S/C17H23NO2/c1-4-12-5-7-13(8-6-12)14-10-16(19)18-17(20)15(14)9-11(2)3/h5-8,11,14-15H,4,9-10H2,1-3H3,(H,18,19,20). The molecule has 3 nitrogen and oxygen atoms in total. The Kier molecular flexibility index (Phi) is 4.58. The molecule has 2 amide bonds.